The first-order chi connectivity index (χ1) is 16.1. The summed E-state index contributed by atoms with van der Waals surface area (Å²) < 4.78 is 46.4. The maximum atomic E-state index is 13.6. The Morgan fingerprint density at radius 2 is 1.82 bits per heavy atom. The zero-order chi connectivity index (χ0) is 24.6. The molecule has 0 N–H and O–H groups in total. The highest BCUT2D eigenvalue weighted by Gasteiger charge is 2.47. The molecule has 2 heterocycles. The summed E-state index contributed by atoms with van der Waals surface area (Å²) in [6.07, 6.45) is -4.20. The number of anilines is 1. The van der Waals surface area contributed by atoms with Gasteiger partial charge in [-0.25, -0.2) is 0 Å². The number of hydrogen-bond acceptors (Lipinski definition) is 7. The number of carbonyl (C=O) groups is 2. The van der Waals surface area contributed by atoms with Crippen LogP contribution in [0.4, 0.5) is 24.5 Å². The molecule has 9 nitrogen and oxygen atoms in total. The lowest BCUT2D eigenvalue weighted by Crippen LogP contribution is -2.26. The van der Waals surface area contributed by atoms with E-state index < -0.39 is 34.3 Å². The number of rotatable bonds is 5. The minimum atomic E-state index is -5.02. The van der Waals surface area contributed by atoms with Crippen LogP contribution in [-0.4, -0.2) is 28.7 Å². The van der Waals surface area contributed by atoms with Crippen molar-refractivity contribution < 1.29 is 37.2 Å². The van der Waals surface area contributed by atoms with Crippen LogP contribution < -0.4 is 10.1 Å². The number of carboxylic acids is 1. The largest absolute Gasteiger partial charge is 0.545 e. The number of benzene rings is 2. The fourth-order valence-corrected chi connectivity index (χ4v) is 3.25. The fourth-order valence-electron chi connectivity index (χ4n) is 3.25. The summed E-state index contributed by atoms with van der Waals surface area (Å²) in [6, 6.07) is 12.7. The molecule has 1 aromatic heterocycles. The number of nitrogens with zero attached hydrogens (tertiary/aromatic N) is 3. The first kappa shape index (κ1) is 22.5. The molecule has 1 aliphatic rings. The van der Waals surface area contributed by atoms with Crippen LogP contribution in [0.1, 0.15) is 16.1 Å². The second-order valence-electron chi connectivity index (χ2n) is 6.94. The first-order valence-electron chi connectivity index (χ1n) is 9.43. The van der Waals surface area contributed by atoms with Crippen LogP contribution >= 0.6 is 0 Å². The molecule has 172 valence electrons. The Morgan fingerprint density at radius 3 is 2.50 bits per heavy atom. The van der Waals surface area contributed by atoms with Crippen LogP contribution in [0.25, 0.3) is 17.4 Å². The predicted octanol–water partition coefficient (Wildman–Crippen LogP) is 3.57. The number of amides is 1. The number of nitro benzene ring substituents is 1. The third kappa shape index (κ3) is 4.16. The molecule has 0 bridgehead atoms. The van der Waals surface area contributed by atoms with Gasteiger partial charge in [-0.1, -0.05) is 24.3 Å². The van der Waals surface area contributed by atoms with Crippen LogP contribution in [0.15, 0.2) is 75.8 Å². The molecule has 0 radical (unpaired) electrons. The van der Waals surface area contributed by atoms with Crippen molar-refractivity contribution in [2.24, 2.45) is 5.10 Å². The van der Waals surface area contributed by atoms with E-state index in [-0.39, 0.29) is 34.0 Å². The number of carboxylic acid groups (broad SMARTS) is 1. The van der Waals surface area contributed by atoms with Crippen molar-refractivity contribution >= 4 is 35.0 Å². The molecule has 0 unspecified atom stereocenters. The van der Waals surface area contributed by atoms with Gasteiger partial charge in [0.05, 0.1) is 27.7 Å². The van der Waals surface area contributed by atoms with Crippen LogP contribution in [0.5, 0.6) is 0 Å². The first-order valence-corrected chi connectivity index (χ1v) is 9.43. The van der Waals surface area contributed by atoms with Gasteiger partial charge in [0.2, 0.25) is 0 Å². The summed E-state index contributed by atoms with van der Waals surface area (Å²) in [5, 5.41) is 26.1. The second-order valence-corrected chi connectivity index (χ2v) is 6.94. The van der Waals surface area contributed by atoms with E-state index in [2.05, 4.69) is 5.10 Å². The topological polar surface area (TPSA) is 129 Å². The molecule has 0 saturated carbocycles. The molecule has 1 amide bonds. The lowest BCUT2D eigenvalue weighted by molar-refractivity contribution is -0.384. The zero-order valence-corrected chi connectivity index (χ0v) is 16.8. The number of para-hydroxylation sites is 1. The molecule has 1 aliphatic heterocycles. The van der Waals surface area contributed by atoms with E-state index in [4.69, 9.17) is 4.42 Å². The van der Waals surface area contributed by atoms with Gasteiger partial charge < -0.3 is 14.3 Å². The predicted molar refractivity (Wildman–Crippen MR) is 111 cm³/mol. The number of hydrogen-bond donors (Lipinski definition) is 0. The number of carbonyl (C=O) groups excluding carboxylic acids is 2. The molecule has 0 spiro atoms. The zero-order valence-electron chi connectivity index (χ0n) is 16.8. The Labute approximate surface area is 188 Å². The van der Waals surface area contributed by atoms with Crippen molar-refractivity contribution in [2.75, 3.05) is 5.01 Å². The molecule has 0 aliphatic carbocycles. The molecule has 0 saturated heterocycles. The summed E-state index contributed by atoms with van der Waals surface area (Å²) in [7, 11) is 0. The standard InChI is InChI=1S/C22H12F3N3O6/c23-22(24,25)19-16(20(29)27(26-19)13-5-3-4-12(10-13)21(30)31)11-14-8-9-18(34-14)15-6-1-2-7-17(15)28(32)33/h1-11H,(H,30,31)/p-1/b16-11-. The van der Waals surface area contributed by atoms with Gasteiger partial charge >= 0.3 is 6.18 Å². The molecular weight excluding hydrogens is 459 g/mol. The van der Waals surface area contributed by atoms with Crippen LogP contribution in [0, 0.1) is 10.1 Å². The van der Waals surface area contributed by atoms with Crippen LogP contribution in [0.3, 0.4) is 0 Å². The van der Waals surface area contributed by atoms with E-state index in [0.29, 0.717) is 5.01 Å². The molecule has 4 rings (SSSR count). The van der Waals surface area contributed by atoms with E-state index in [1.807, 2.05) is 0 Å². The van der Waals surface area contributed by atoms with Crippen LogP contribution in [-0.2, 0) is 4.79 Å². The number of furan rings is 1. The quantitative estimate of drug-likeness (QED) is 0.319. The Bertz CT molecular complexity index is 1390. The lowest BCUT2D eigenvalue weighted by Gasteiger charge is -2.13. The number of alkyl halides is 3. The van der Waals surface area contributed by atoms with Crippen LogP contribution in [0.2, 0.25) is 0 Å². The van der Waals surface area contributed by atoms with Gasteiger partial charge in [-0.05, 0) is 42.0 Å². The van der Waals surface area contributed by atoms with Gasteiger partial charge in [-0.3, -0.25) is 14.9 Å². The van der Waals surface area contributed by atoms with Crippen molar-refractivity contribution in [3.05, 3.63) is 87.7 Å². The number of nitro groups is 1. The highest BCUT2D eigenvalue weighted by atomic mass is 19.4. The molecule has 12 heteroatoms. The normalized spacial score (nSPS) is 15.0. The monoisotopic (exact) mass is 470 g/mol. The van der Waals surface area contributed by atoms with E-state index in [9.17, 15) is 38.0 Å². The fraction of sp³-hybridized carbons (Fsp3) is 0.0455. The molecule has 34 heavy (non-hydrogen) atoms. The average Bonchev–Trinajstić information content (AvgIpc) is 3.39. The summed E-state index contributed by atoms with van der Waals surface area (Å²) >= 11 is 0. The number of aromatic carboxylic acids is 1. The summed E-state index contributed by atoms with van der Waals surface area (Å²) in [4.78, 5) is 34.5. The Hall–Kier alpha value is -4.74. The highest BCUT2D eigenvalue weighted by molar-refractivity contribution is 6.34. The minimum Gasteiger partial charge on any atom is -0.545 e. The Kier molecular flexibility index (Phi) is 5.49. The highest BCUT2D eigenvalue weighted by Crippen LogP contribution is 2.35. The van der Waals surface area contributed by atoms with Gasteiger partial charge in [0.1, 0.15) is 11.5 Å². The molecular formula is C22H11F3N3O6-. The van der Waals surface area contributed by atoms with E-state index in [1.165, 1.54) is 48.5 Å². The van der Waals surface area contributed by atoms with Crippen molar-refractivity contribution in [1.82, 2.24) is 0 Å². The smallest absolute Gasteiger partial charge is 0.435 e. The lowest BCUT2D eigenvalue weighted by atomic mass is 10.1. The van der Waals surface area contributed by atoms with E-state index in [1.54, 1.807) is 0 Å². The summed E-state index contributed by atoms with van der Waals surface area (Å²) in [5.41, 5.74) is -3.11. The van der Waals surface area contributed by atoms with Gasteiger partial charge in [0.25, 0.3) is 11.6 Å². The SMILES string of the molecule is O=C([O-])c1cccc(N2N=C(C(F)(F)F)/C(=C/c3ccc(-c4ccccc4[N+](=O)[O-])o3)C2=O)c1. The number of halogens is 3. The maximum Gasteiger partial charge on any atom is 0.435 e. The van der Waals surface area contributed by atoms with Gasteiger partial charge in [0, 0.05) is 6.07 Å². The van der Waals surface area contributed by atoms with E-state index >= 15 is 0 Å². The van der Waals surface area contributed by atoms with E-state index in [0.717, 1.165) is 18.2 Å². The van der Waals surface area contributed by atoms with Crippen molar-refractivity contribution in [3.63, 3.8) is 0 Å². The Morgan fingerprint density at radius 1 is 1.09 bits per heavy atom. The molecule has 0 atom stereocenters. The minimum absolute atomic E-state index is 0.00797. The summed E-state index contributed by atoms with van der Waals surface area (Å²) in [6.45, 7) is 0. The summed E-state index contributed by atoms with van der Waals surface area (Å²) in [5.74, 6) is -2.93. The average molecular weight is 470 g/mol. The molecule has 2 aromatic carbocycles. The molecule has 3 aromatic rings. The third-order valence-electron chi connectivity index (χ3n) is 4.75. The second kappa shape index (κ2) is 8.31. The van der Waals surface area contributed by atoms with Gasteiger partial charge in [-0.2, -0.15) is 23.3 Å². The molecule has 0 fully saturated rings. The van der Waals surface area contributed by atoms with Gasteiger partial charge in [0.15, 0.2) is 5.71 Å². The van der Waals surface area contributed by atoms with Crippen molar-refractivity contribution in [2.45, 2.75) is 6.18 Å². The third-order valence-corrected chi connectivity index (χ3v) is 4.75. The van der Waals surface area contributed by atoms with Crippen molar-refractivity contribution in [3.8, 4) is 11.3 Å². The maximum absolute atomic E-state index is 13.6. The van der Waals surface area contributed by atoms with Crippen molar-refractivity contribution in [1.29, 1.82) is 0 Å². The van der Waals surface area contributed by atoms with Gasteiger partial charge in [-0.15, -0.1) is 0 Å². The number of hydrazone groups is 1. The Balaban J connectivity index is 1.75.